The van der Waals surface area contributed by atoms with E-state index in [1.54, 1.807) is 4.68 Å². The molecule has 1 rings (SSSR count). The number of aromatic nitrogens is 2. The van der Waals surface area contributed by atoms with Crippen LogP contribution in [0, 0.1) is 0 Å². The first-order valence-electron chi connectivity index (χ1n) is 8.23. The van der Waals surface area contributed by atoms with E-state index in [-0.39, 0.29) is 5.41 Å². The molecule has 1 heterocycles. The lowest BCUT2D eigenvalue weighted by Gasteiger charge is -2.29. The van der Waals surface area contributed by atoms with Crippen molar-refractivity contribution in [2.45, 2.75) is 84.0 Å². The SMILES string of the molecule is CCCCCCC(C)(CCCCC)c1cnn(C)c1Cl. The molecule has 0 saturated heterocycles. The van der Waals surface area contributed by atoms with E-state index >= 15 is 0 Å². The summed E-state index contributed by atoms with van der Waals surface area (Å²) in [6.45, 7) is 6.89. The fourth-order valence-corrected chi connectivity index (χ4v) is 3.25. The Hall–Kier alpha value is -0.500. The van der Waals surface area contributed by atoms with Crippen LogP contribution in [0.4, 0.5) is 0 Å². The van der Waals surface area contributed by atoms with Gasteiger partial charge in [-0.25, -0.2) is 0 Å². The zero-order valence-electron chi connectivity index (χ0n) is 13.7. The van der Waals surface area contributed by atoms with E-state index in [0.29, 0.717) is 0 Å². The van der Waals surface area contributed by atoms with Crippen LogP contribution in [0.2, 0.25) is 5.15 Å². The highest BCUT2D eigenvalue weighted by molar-refractivity contribution is 6.30. The lowest BCUT2D eigenvalue weighted by Crippen LogP contribution is -2.22. The smallest absolute Gasteiger partial charge is 0.130 e. The van der Waals surface area contributed by atoms with Gasteiger partial charge in [-0.1, -0.05) is 77.3 Å². The van der Waals surface area contributed by atoms with Crippen molar-refractivity contribution in [1.29, 1.82) is 0 Å². The van der Waals surface area contributed by atoms with Crippen molar-refractivity contribution in [2.24, 2.45) is 7.05 Å². The van der Waals surface area contributed by atoms with Gasteiger partial charge in [0.05, 0.1) is 6.20 Å². The molecule has 2 nitrogen and oxygen atoms in total. The Balaban J connectivity index is 2.74. The molecule has 1 atom stereocenters. The van der Waals surface area contributed by atoms with Crippen LogP contribution in [0.3, 0.4) is 0 Å². The van der Waals surface area contributed by atoms with E-state index in [0.717, 1.165) is 5.15 Å². The molecular weight excluding hydrogens is 268 g/mol. The largest absolute Gasteiger partial charge is 0.257 e. The van der Waals surface area contributed by atoms with Crippen LogP contribution in [0.1, 0.15) is 84.1 Å². The molecule has 0 spiro atoms. The van der Waals surface area contributed by atoms with Gasteiger partial charge in [0.15, 0.2) is 0 Å². The Morgan fingerprint density at radius 2 is 1.60 bits per heavy atom. The second-order valence-electron chi connectivity index (χ2n) is 6.30. The van der Waals surface area contributed by atoms with Gasteiger partial charge in [-0.05, 0) is 18.3 Å². The first-order chi connectivity index (χ1) is 9.55. The monoisotopic (exact) mass is 298 g/mol. The van der Waals surface area contributed by atoms with Crippen LogP contribution in [0.15, 0.2) is 6.20 Å². The van der Waals surface area contributed by atoms with Crippen molar-refractivity contribution >= 4 is 11.6 Å². The van der Waals surface area contributed by atoms with Gasteiger partial charge in [0.1, 0.15) is 5.15 Å². The molecule has 116 valence electrons. The quantitative estimate of drug-likeness (QED) is 0.493. The molecule has 3 heteroatoms. The Labute approximate surface area is 129 Å². The molecule has 0 saturated carbocycles. The van der Waals surface area contributed by atoms with Gasteiger partial charge in [0.25, 0.3) is 0 Å². The molecule has 0 N–H and O–H groups in total. The van der Waals surface area contributed by atoms with E-state index in [9.17, 15) is 0 Å². The summed E-state index contributed by atoms with van der Waals surface area (Å²) in [5.74, 6) is 0. The van der Waals surface area contributed by atoms with Gasteiger partial charge in [-0.2, -0.15) is 5.10 Å². The first kappa shape index (κ1) is 17.6. The maximum Gasteiger partial charge on any atom is 0.130 e. The van der Waals surface area contributed by atoms with E-state index in [1.807, 2.05) is 13.2 Å². The summed E-state index contributed by atoms with van der Waals surface area (Å²) < 4.78 is 1.79. The molecule has 0 aromatic carbocycles. The van der Waals surface area contributed by atoms with Crippen molar-refractivity contribution in [2.75, 3.05) is 0 Å². The van der Waals surface area contributed by atoms with Crippen molar-refractivity contribution in [3.63, 3.8) is 0 Å². The fraction of sp³-hybridized carbons (Fsp3) is 0.824. The number of nitrogens with zero attached hydrogens (tertiary/aromatic N) is 2. The molecule has 0 aliphatic heterocycles. The molecule has 20 heavy (non-hydrogen) atoms. The van der Waals surface area contributed by atoms with E-state index in [4.69, 9.17) is 11.6 Å². The summed E-state index contributed by atoms with van der Waals surface area (Å²) >= 11 is 6.45. The minimum atomic E-state index is 0.189. The van der Waals surface area contributed by atoms with Gasteiger partial charge in [-0.3, -0.25) is 4.68 Å². The summed E-state index contributed by atoms with van der Waals surface area (Å²) in [7, 11) is 1.93. The Morgan fingerprint density at radius 1 is 1.05 bits per heavy atom. The van der Waals surface area contributed by atoms with Crippen LogP contribution in [0.5, 0.6) is 0 Å². The lowest BCUT2D eigenvalue weighted by molar-refractivity contribution is 0.365. The van der Waals surface area contributed by atoms with Gasteiger partial charge >= 0.3 is 0 Å². The van der Waals surface area contributed by atoms with Crippen LogP contribution in [-0.2, 0) is 12.5 Å². The zero-order valence-corrected chi connectivity index (χ0v) is 14.5. The predicted molar refractivity (Wildman–Crippen MR) is 88.5 cm³/mol. The van der Waals surface area contributed by atoms with Crippen LogP contribution in [-0.4, -0.2) is 9.78 Å². The number of aryl methyl sites for hydroxylation is 1. The molecule has 0 radical (unpaired) electrons. The lowest BCUT2D eigenvalue weighted by atomic mass is 9.75. The summed E-state index contributed by atoms with van der Waals surface area (Å²) in [6.07, 6.45) is 13.5. The molecule has 0 aliphatic carbocycles. The van der Waals surface area contributed by atoms with Crippen molar-refractivity contribution < 1.29 is 0 Å². The molecular formula is C17H31ClN2. The number of hydrogen-bond donors (Lipinski definition) is 0. The third kappa shape index (κ3) is 4.80. The second-order valence-corrected chi connectivity index (χ2v) is 6.66. The number of unbranched alkanes of at least 4 members (excludes halogenated alkanes) is 5. The third-order valence-corrected chi connectivity index (χ3v) is 4.88. The van der Waals surface area contributed by atoms with Crippen LogP contribution >= 0.6 is 11.6 Å². The van der Waals surface area contributed by atoms with Crippen molar-refractivity contribution in [3.05, 3.63) is 16.9 Å². The Kier molecular flexibility index (Phi) is 7.65. The summed E-state index contributed by atoms with van der Waals surface area (Å²) in [5.41, 5.74) is 1.43. The number of halogens is 1. The maximum absolute atomic E-state index is 6.45. The standard InChI is InChI=1S/C17H31ClN2/c1-5-7-9-11-13-17(3,12-10-8-6-2)15-14-19-20(4)16(15)18/h14H,5-13H2,1-4H3. The Bertz CT molecular complexity index is 386. The molecule has 0 aliphatic rings. The van der Waals surface area contributed by atoms with Crippen LogP contribution < -0.4 is 0 Å². The number of hydrogen-bond acceptors (Lipinski definition) is 1. The van der Waals surface area contributed by atoms with E-state index in [1.165, 1.54) is 63.4 Å². The molecule has 1 aromatic rings. The molecule has 0 fully saturated rings. The Morgan fingerprint density at radius 3 is 2.10 bits per heavy atom. The van der Waals surface area contributed by atoms with Gasteiger partial charge < -0.3 is 0 Å². The topological polar surface area (TPSA) is 17.8 Å². The summed E-state index contributed by atoms with van der Waals surface area (Å²) in [5, 5.41) is 5.16. The van der Waals surface area contributed by atoms with Gasteiger partial charge in [0, 0.05) is 12.6 Å². The maximum atomic E-state index is 6.45. The van der Waals surface area contributed by atoms with Crippen LogP contribution in [0.25, 0.3) is 0 Å². The van der Waals surface area contributed by atoms with E-state index in [2.05, 4.69) is 25.9 Å². The first-order valence-corrected chi connectivity index (χ1v) is 8.61. The highest BCUT2D eigenvalue weighted by Crippen LogP contribution is 2.38. The highest BCUT2D eigenvalue weighted by atomic mass is 35.5. The van der Waals surface area contributed by atoms with Gasteiger partial charge in [0.2, 0.25) is 0 Å². The summed E-state index contributed by atoms with van der Waals surface area (Å²) in [4.78, 5) is 0. The third-order valence-electron chi connectivity index (χ3n) is 4.43. The highest BCUT2D eigenvalue weighted by Gasteiger charge is 2.29. The minimum absolute atomic E-state index is 0.189. The predicted octanol–water partition coefficient (Wildman–Crippen LogP) is 5.88. The molecule has 0 amide bonds. The van der Waals surface area contributed by atoms with E-state index < -0.39 is 0 Å². The van der Waals surface area contributed by atoms with Gasteiger partial charge in [-0.15, -0.1) is 0 Å². The normalized spacial score (nSPS) is 14.4. The summed E-state index contributed by atoms with van der Waals surface area (Å²) in [6, 6.07) is 0. The minimum Gasteiger partial charge on any atom is -0.257 e. The molecule has 1 aromatic heterocycles. The molecule has 1 unspecified atom stereocenters. The average Bonchev–Trinajstić information content (AvgIpc) is 2.76. The second kappa shape index (κ2) is 8.71. The van der Waals surface area contributed by atoms with Crippen molar-refractivity contribution in [3.8, 4) is 0 Å². The number of rotatable bonds is 10. The fourth-order valence-electron chi connectivity index (χ4n) is 2.93. The molecule has 0 bridgehead atoms. The average molecular weight is 299 g/mol. The zero-order chi connectivity index (χ0) is 15.0. The van der Waals surface area contributed by atoms with Crippen molar-refractivity contribution in [1.82, 2.24) is 9.78 Å².